The molecule has 31 heavy (non-hydrogen) atoms. The molecule has 160 valence electrons. The molecule has 0 atom stereocenters. The maximum atomic E-state index is 13.2. The van der Waals surface area contributed by atoms with E-state index in [9.17, 15) is 4.79 Å². The Hall–Kier alpha value is -2.23. The van der Waals surface area contributed by atoms with Crippen molar-refractivity contribution in [1.82, 2.24) is 14.5 Å². The van der Waals surface area contributed by atoms with E-state index in [-0.39, 0.29) is 5.56 Å². The third-order valence-electron chi connectivity index (χ3n) is 5.28. The van der Waals surface area contributed by atoms with Gasteiger partial charge in [0.15, 0.2) is 0 Å². The molecule has 4 aromatic rings. The van der Waals surface area contributed by atoms with E-state index in [1.165, 1.54) is 16.9 Å². The zero-order valence-electron chi connectivity index (χ0n) is 17.9. The van der Waals surface area contributed by atoms with Crippen LogP contribution in [-0.4, -0.2) is 48.7 Å². The molecule has 0 aliphatic carbocycles. The molecule has 0 aliphatic rings. The Labute approximate surface area is 200 Å². The van der Waals surface area contributed by atoms with E-state index in [0.717, 1.165) is 44.8 Å². The highest BCUT2D eigenvalue weighted by Gasteiger charge is 2.12. The van der Waals surface area contributed by atoms with Gasteiger partial charge in [-0.05, 0) is 55.6 Å². The first-order valence-corrected chi connectivity index (χ1v) is 12.4. The van der Waals surface area contributed by atoms with Gasteiger partial charge >= 0.3 is 0 Å². The summed E-state index contributed by atoms with van der Waals surface area (Å²) >= 11 is 3.87. The standard InChI is InChI=1S/C24H25IN4OS/c1-27(2)12-13-28(3)19-8-10-20(11-9-19)29-16-26-21-14-22(31-23(21)24(29)30)18-6-4-17(15-25)5-7-18/h4-11,14,16H,12-13,15H2,1-3H3. The number of halogens is 1. The third-order valence-corrected chi connectivity index (χ3v) is 7.32. The number of hydrogen-bond donors (Lipinski definition) is 0. The van der Waals surface area contributed by atoms with Crippen molar-refractivity contribution in [3.8, 4) is 16.1 Å². The fourth-order valence-corrected chi connectivity index (χ4v) is 4.90. The highest BCUT2D eigenvalue weighted by Crippen LogP contribution is 2.31. The number of anilines is 1. The summed E-state index contributed by atoms with van der Waals surface area (Å²) in [6.45, 7) is 1.93. The fraction of sp³-hybridized carbons (Fsp3) is 0.250. The van der Waals surface area contributed by atoms with Crippen LogP contribution in [0.4, 0.5) is 5.69 Å². The summed E-state index contributed by atoms with van der Waals surface area (Å²) in [5.41, 5.74) is 5.08. The lowest BCUT2D eigenvalue weighted by molar-refractivity contribution is 0.416. The van der Waals surface area contributed by atoms with Crippen molar-refractivity contribution in [2.45, 2.75) is 4.43 Å². The normalized spacial score (nSPS) is 11.4. The zero-order chi connectivity index (χ0) is 22.0. The summed E-state index contributed by atoms with van der Waals surface area (Å²) in [7, 11) is 6.23. The average Bonchev–Trinajstić information content (AvgIpc) is 3.23. The number of aromatic nitrogens is 2. The summed E-state index contributed by atoms with van der Waals surface area (Å²) < 4.78 is 3.30. The van der Waals surface area contributed by atoms with Crippen molar-refractivity contribution in [1.29, 1.82) is 0 Å². The highest BCUT2D eigenvalue weighted by atomic mass is 127. The molecule has 2 aromatic carbocycles. The second kappa shape index (κ2) is 9.50. The lowest BCUT2D eigenvalue weighted by atomic mass is 10.1. The van der Waals surface area contributed by atoms with E-state index in [0.29, 0.717) is 4.70 Å². The average molecular weight is 544 g/mol. The largest absolute Gasteiger partial charge is 0.373 e. The van der Waals surface area contributed by atoms with Gasteiger partial charge in [-0.25, -0.2) is 4.98 Å². The first-order valence-electron chi connectivity index (χ1n) is 10.1. The van der Waals surface area contributed by atoms with Crippen molar-refractivity contribution in [3.05, 3.63) is 76.8 Å². The number of fused-ring (bicyclic) bond motifs is 1. The first kappa shape index (κ1) is 22.0. The molecular weight excluding hydrogens is 519 g/mol. The number of thiophene rings is 1. The van der Waals surface area contributed by atoms with E-state index in [1.54, 1.807) is 10.9 Å². The van der Waals surface area contributed by atoms with Gasteiger partial charge in [0, 0.05) is 35.1 Å². The number of nitrogens with zero attached hydrogens (tertiary/aromatic N) is 4. The van der Waals surface area contributed by atoms with Crippen LogP contribution in [0.15, 0.2) is 65.7 Å². The van der Waals surface area contributed by atoms with Crippen LogP contribution >= 0.6 is 33.9 Å². The quantitative estimate of drug-likeness (QED) is 0.241. The van der Waals surface area contributed by atoms with E-state index < -0.39 is 0 Å². The maximum Gasteiger partial charge on any atom is 0.275 e. The van der Waals surface area contributed by atoms with Crippen LogP contribution in [-0.2, 0) is 4.43 Å². The van der Waals surface area contributed by atoms with Gasteiger partial charge in [-0.2, -0.15) is 0 Å². The van der Waals surface area contributed by atoms with Crippen LogP contribution in [0, 0.1) is 0 Å². The molecule has 0 fully saturated rings. The molecule has 4 rings (SSSR count). The predicted octanol–water partition coefficient (Wildman–Crippen LogP) is 5.05. The van der Waals surface area contributed by atoms with Crippen molar-refractivity contribution in [3.63, 3.8) is 0 Å². The molecule has 0 N–H and O–H groups in total. The van der Waals surface area contributed by atoms with Crippen LogP contribution in [0.1, 0.15) is 5.56 Å². The van der Waals surface area contributed by atoms with Crippen molar-refractivity contribution < 1.29 is 0 Å². The summed E-state index contributed by atoms with van der Waals surface area (Å²) in [5, 5.41) is 0. The highest BCUT2D eigenvalue weighted by molar-refractivity contribution is 14.1. The van der Waals surface area contributed by atoms with Gasteiger partial charge in [-0.1, -0.05) is 46.9 Å². The number of hydrogen-bond acceptors (Lipinski definition) is 5. The first-order chi connectivity index (χ1) is 15.0. The van der Waals surface area contributed by atoms with Gasteiger partial charge in [-0.3, -0.25) is 9.36 Å². The monoisotopic (exact) mass is 544 g/mol. The van der Waals surface area contributed by atoms with Crippen LogP contribution in [0.5, 0.6) is 0 Å². The minimum Gasteiger partial charge on any atom is -0.373 e. The van der Waals surface area contributed by atoms with Crippen LogP contribution < -0.4 is 10.5 Å². The van der Waals surface area contributed by atoms with Gasteiger partial charge < -0.3 is 9.80 Å². The molecule has 0 saturated carbocycles. The van der Waals surface area contributed by atoms with E-state index in [1.807, 2.05) is 18.2 Å². The molecule has 2 heterocycles. The minimum atomic E-state index is -0.0288. The van der Waals surface area contributed by atoms with Gasteiger partial charge in [0.1, 0.15) is 11.0 Å². The van der Waals surface area contributed by atoms with Crippen molar-refractivity contribution >= 4 is 49.8 Å². The van der Waals surface area contributed by atoms with Gasteiger partial charge in [0.05, 0.1) is 11.2 Å². The topological polar surface area (TPSA) is 41.4 Å². The molecule has 0 spiro atoms. The van der Waals surface area contributed by atoms with Gasteiger partial charge in [0.25, 0.3) is 5.56 Å². The molecule has 0 aliphatic heterocycles. The third kappa shape index (κ3) is 4.83. The van der Waals surface area contributed by atoms with E-state index in [4.69, 9.17) is 0 Å². The fourth-order valence-electron chi connectivity index (χ4n) is 3.34. The second-order valence-electron chi connectivity index (χ2n) is 7.82. The molecule has 7 heteroatoms. The number of likely N-dealkylation sites (N-methyl/N-ethyl adjacent to an activating group) is 2. The van der Waals surface area contributed by atoms with Crippen LogP contribution in [0.25, 0.3) is 26.3 Å². The Kier molecular flexibility index (Phi) is 6.74. The van der Waals surface area contributed by atoms with Crippen molar-refractivity contribution in [2.75, 3.05) is 39.1 Å². The summed E-state index contributed by atoms with van der Waals surface area (Å²) in [5.74, 6) is 0. The summed E-state index contributed by atoms with van der Waals surface area (Å²) in [6.07, 6.45) is 1.63. The van der Waals surface area contributed by atoms with Crippen molar-refractivity contribution in [2.24, 2.45) is 0 Å². The molecular formula is C24H25IN4OS. The molecule has 0 amide bonds. The number of benzene rings is 2. The summed E-state index contributed by atoms with van der Waals surface area (Å²) in [6, 6.07) is 18.6. The van der Waals surface area contributed by atoms with Gasteiger partial charge in [-0.15, -0.1) is 11.3 Å². The smallest absolute Gasteiger partial charge is 0.275 e. The molecule has 5 nitrogen and oxygen atoms in total. The molecule has 0 bridgehead atoms. The second-order valence-corrected chi connectivity index (χ2v) is 9.63. The minimum absolute atomic E-state index is 0.0288. The number of alkyl halides is 1. The van der Waals surface area contributed by atoms with E-state index in [2.05, 4.69) is 94.9 Å². The number of rotatable bonds is 7. The predicted molar refractivity (Wildman–Crippen MR) is 140 cm³/mol. The lowest BCUT2D eigenvalue weighted by Gasteiger charge is -2.21. The zero-order valence-corrected chi connectivity index (χ0v) is 20.9. The lowest BCUT2D eigenvalue weighted by Crippen LogP contribution is -2.28. The van der Waals surface area contributed by atoms with Crippen LogP contribution in [0.3, 0.4) is 0 Å². The Morgan fingerprint density at radius 2 is 1.71 bits per heavy atom. The Bertz CT molecular complexity index is 1230. The Morgan fingerprint density at radius 1 is 1.00 bits per heavy atom. The van der Waals surface area contributed by atoms with Gasteiger partial charge in [0.2, 0.25) is 0 Å². The Morgan fingerprint density at radius 3 is 2.35 bits per heavy atom. The summed E-state index contributed by atoms with van der Waals surface area (Å²) in [4.78, 5) is 23.2. The Balaban J connectivity index is 1.62. The SMILES string of the molecule is CN(C)CCN(C)c1ccc(-n2cnc3cc(-c4ccc(CI)cc4)sc3c2=O)cc1. The molecule has 0 radical (unpaired) electrons. The molecule has 0 saturated heterocycles. The molecule has 2 aromatic heterocycles. The maximum absolute atomic E-state index is 13.2. The van der Waals surface area contributed by atoms with Crippen LogP contribution in [0.2, 0.25) is 0 Å². The van der Waals surface area contributed by atoms with E-state index >= 15 is 0 Å². The molecule has 0 unspecified atom stereocenters.